The maximum atomic E-state index is 12.7. The number of aliphatic carboxylic acids is 1. The third kappa shape index (κ3) is 2.83. The van der Waals surface area contributed by atoms with Crippen LogP contribution in [0.25, 0.3) is 0 Å². The van der Waals surface area contributed by atoms with Crippen molar-refractivity contribution in [3.8, 4) is 0 Å². The van der Waals surface area contributed by atoms with Gasteiger partial charge in [-0.05, 0) is 29.3 Å². The summed E-state index contributed by atoms with van der Waals surface area (Å²) in [6.45, 7) is 0.648. The minimum absolute atomic E-state index is 0.160. The molecule has 1 atom stereocenters. The zero-order valence-corrected chi connectivity index (χ0v) is 12.7. The molecule has 2 aromatic carbocycles. The lowest BCUT2D eigenvalue weighted by molar-refractivity contribution is -0.138. The van der Waals surface area contributed by atoms with Crippen molar-refractivity contribution < 1.29 is 19.4 Å². The Bertz CT molecular complexity index is 739. The zero-order valence-electron chi connectivity index (χ0n) is 12.7. The van der Waals surface area contributed by atoms with Crippen LogP contribution in [0.3, 0.4) is 0 Å². The second-order valence-electron chi connectivity index (χ2n) is 5.50. The van der Waals surface area contributed by atoms with Gasteiger partial charge >= 0.3 is 5.97 Å². The Morgan fingerprint density at radius 2 is 1.87 bits per heavy atom. The lowest BCUT2D eigenvalue weighted by atomic mass is 10.0. The Balaban J connectivity index is 1.89. The first-order valence-electron chi connectivity index (χ1n) is 7.33. The fraction of sp³-hybridized carbons (Fsp3) is 0.222. The summed E-state index contributed by atoms with van der Waals surface area (Å²) in [5.41, 5.74) is 2.87. The fourth-order valence-electron chi connectivity index (χ4n) is 2.88. The molecule has 0 fully saturated rings. The van der Waals surface area contributed by atoms with E-state index in [-0.39, 0.29) is 12.5 Å². The molecule has 3 rings (SSSR count). The second kappa shape index (κ2) is 6.22. The summed E-state index contributed by atoms with van der Waals surface area (Å²) in [5, 5.41) is 9.37. The number of para-hydroxylation sites is 1. The number of hydrogen-bond donors (Lipinski definition) is 1. The highest BCUT2D eigenvalue weighted by molar-refractivity contribution is 6.08. The van der Waals surface area contributed by atoms with Crippen molar-refractivity contribution in [1.82, 2.24) is 0 Å². The smallest absolute Gasteiger partial charge is 0.312 e. The van der Waals surface area contributed by atoms with E-state index < -0.39 is 11.9 Å². The number of carboxylic acid groups (broad SMARTS) is 1. The van der Waals surface area contributed by atoms with Crippen LogP contribution >= 0.6 is 0 Å². The molecule has 0 bridgehead atoms. The zero-order chi connectivity index (χ0) is 16.4. The van der Waals surface area contributed by atoms with Gasteiger partial charge in [-0.25, -0.2) is 0 Å². The summed E-state index contributed by atoms with van der Waals surface area (Å²) in [7, 11) is 1.62. The van der Waals surface area contributed by atoms with Gasteiger partial charge in [0.1, 0.15) is 5.92 Å². The number of fused-ring (bicyclic) bond motifs is 1. The van der Waals surface area contributed by atoms with Crippen LogP contribution in [0.1, 0.15) is 27.4 Å². The van der Waals surface area contributed by atoms with Crippen LogP contribution < -0.4 is 4.90 Å². The van der Waals surface area contributed by atoms with E-state index in [1.807, 2.05) is 18.2 Å². The van der Waals surface area contributed by atoms with E-state index in [4.69, 9.17) is 4.74 Å². The molecule has 0 aromatic heterocycles. The molecule has 1 heterocycles. The summed E-state index contributed by atoms with van der Waals surface area (Å²) in [6.07, 6.45) is 0. The predicted molar refractivity (Wildman–Crippen MR) is 85.7 cm³/mol. The number of carbonyl (C=O) groups is 2. The summed E-state index contributed by atoms with van der Waals surface area (Å²) < 4.78 is 5.05. The third-order valence-corrected chi connectivity index (χ3v) is 4.02. The summed E-state index contributed by atoms with van der Waals surface area (Å²) >= 11 is 0. The topological polar surface area (TPSA) is 66.8 Å². The maximum Gasteiger partial charge on any atom is 0.312 e. The molecule has 23 heavy (non-hydrogen) atoms. The van der Waals surface area contributed by atoms with Crippen molar-refractivity contribution >= 4 is 17.6 Å². The monoisotopic (exact) mass is 311 g/mol. The molecule has 5 nitrogen and oxygen atoms in total. The van der Waals surface area contributed by atoms with Gasteiger partial charge in [-0.2, -0.15) is 0 Å². The highest BCUT2D eigenvalue weighted by Gasteiger charge is 2.36. The number of ether oxygens (including phenoxy) is 1. The molecule has 1 N–H and O–H groups in total. The SMILES string of the molecule is COCc1ccc(C(=O)N2C[C@H](C(=O)O)c3ccccc32)cc1. The first-order valence-corrected chi connectivity index (χ1v) is 7.33. The van der Waals surface area contributed by atoms with Gasteiger partial charge in [-0.1, -0.05) is 30.3 Å². The molecule has 118 valence electrons. The fourth-order valence-corrected chi connectivity index (χ4v) is 2.88. The molecule has 0 aliphatic carbocycles. The minimum Gasteiger partial charge on any atom is -0.481 e. The van der Waals surface area contributed by atoms with Crippen molar-refractivity contribution in [2.45, 2.75) is 12.5 Å². The lowest BCUT2D eigenvalue weighted by Gasteiger charge is -2.17. The number of benzene rings is 2. The quantitative estimate of drug-likeness (QED) is 0.942. The predicted octanol–water partition coefficient (Wildman–Crippen LogP) is 2.66. The highest BCUT2D eigenvalue weighted by atomic mass is 16.5. The van der Waals surface area contributed by atoms with Crippen molar-refractivity contribution in [2.75, 3.05) is 18.6 Å². The standard InChI is InChI=1S/C18H17NO4/c1-23-11-12-6-8-13(9-7-12)17(20)19-10-15(18(21)22)14-4-2-3-5-16(14)19/h2-9,15H,10-11H2,1H3,(H,21,22)/t15-/m0/s1. The number of carboxylic acids is 1. The molecular weight excluding hydrogens is 294 g/mol. The van der Waals surface area contributed by atoms with Gasteiger partial charge in [0.2, 0.25) is 0 Å². The van der Waals surface area contributed by atoms with Gasteiger partial charge in [0.05, 0.1) is 6.61 Å². The molecule has 0 unspecified atom stereocenters. The summed E-state index contributed by atoms with van der Waals surface area (Å²) in [4.78, 5) is 25.7. The molecule has 0 saturated carbocycles. The van der Waals surface area contributed by atoms with E-state index in [1.54, 1.807) is 42.3 Å². The number of amides is 1. The van der Waals surface area contributed by atoms with Crippen molar-refractivity contribution in [2.24, 2.45) is 0 Å². The Morgan fingerprint density at radius 3 is 2.52 bits per heavy atom. The Morgan fingerprint density at radius 1 is 1.17 bits per heavy atom. The van der Waals surface area contributed by atoms with Crippen LogP contribution in [-0.4, -0.2) is 30.6 Å². The van der Waals surface area contributed by atoms with Crippen molar-refractivity contribution in [3.63, 3.8) is 0 Å². The minimum atomic E-state index is -0.914. The maximum absolute atomic E-state index is 12.7. The molecule has 0 radical (unpaired) electrons. The van der Waals surface area contributed by atoms with Crippen LogP contribution in [0.15, 0.2) is 48.5 Å². The number of carbonyl (C=O) groups excluding carboxylic acids is 1. The average Bonchev–Trinajstić information content (AvgIpc) is 2.95. The first kappa shape index (κ1) is 15.2. The van der Waals surface area contributed by atoms with Crippen LogP contribution in [0.2, 0.25) is 0 Å². The van der Waals surface area contributed by atoms with Crippen LogP contribution in [0, 0.1) is 0 Å². The van der Waals surface area contributed by atoms with E-state index in [1.165, 1.54) is 0 Å². The van der Waals surface area contributed by atoms with Crippen LogP contribution in [0.4, 0.5) is 5.69 Å². The molecule has 1 amide bonds. The summed E-state index contributed by atoms with van der Waals surface area (Å²) in [5.74, 6) is -1.78. The normalized spacial score (nSPS) is 16.2. The van der Waals surface area contributed by atoms with E-state index in [2.05, 4.69) is 0 Å². The lowest BCUT2D eigenvalue weighted by Crippen LogP contribution is -2.31. The van der Waals surface area contributed by atoms with E-state index in [9.17, 15) is 14.7 Å². The van der Waals surface area contributed by atoms with Gasteiger partial charge in [0, 0.05) is 24.9 Å². The van der Waals surface area contributed by atoms with Gasteiger partial charge in [-0.15, -0.1) is 0 Å². The molecule has 1 aliphatic heterocycles. The van der Waals surface area contributed by atoms with Gasteiger partial charge in [0.15, 0.2) is 0 Å². The number of methoxy groups -OCH3 is 1. The molecule has 5 heteroatoms. The third-order valence-electron chi connectivity index (χ3n) is 4.02. The summed E-state index contributed by atoms with van der Waals surface area (Å²) in [6, 6.07) is 14.3. The molecule has 0 spiro atoms. The molecule has 2 aromatic rings. The van der Waals surface area contributed by atoms with Crippen molar-refractivity contribution in [3.05, 3.63) is 65.2 Å². The van der Waals surface area contributed by atoms with Gasteiger partial charge in [0.25, 0.3) is 5.91 Å². The largest absolute Gasteiger partial charge is 0.481 e. The highest BCUT2D eigenvalue weighted by Crippen LogP contribution is 2.37. The molecular formula is C18H17NO4. The van der Waals surface area contributed by atoms with E-state index >= 15 is 0 Å². The number of rotatable bonds is 4. The van der Waals surface area contributed by atoms with Gasteiger partial charge < -0.3 is 14.7 Å². The number of hydrogen-bond acceptors (Lipinski definition) is 3. The molecule has 0 saturated heterocycles. The number of nitrogens with zero attached hydrogens (tertiary/aromatic N) is 1. The van der Waals surface area contributed by atoms with E-state index in [0.717, 1.165) is 5.56 Å². The Labute approximate surface area is 134 Å². The van der Waals surface area contributed by atoms with E-state index in [0.29, 0.717) is 23.4 Å². The second-order valence-corrected chi connectivity index (χ2v) is 5.50. The van der Waals surface area contributed by atoms with Crippen LogP contribution in [0.5, 0.6) is 0 Å². The first-order chi connectivity index (χ1) is 11.1. The van der Waals surface area contributed by atoms with Gasteiger partial charge in [-0.3, -0.25) is 9.59 Å². The number of anilines is 1. The molecule has 1 aliphatic rings. The van der Waals surface area contributed by atoms with Crippen LogP contribution in [-0.2, 0) is 16.1 Å². The van der Waals surface area contributed by atoms with Crippen molar-refractivity contribution in [1.29, 1.82) is 0 Å². The Kier molecular flexibility index (Phi) is 4.12. The average molecular weight is 311 g/mol. The Hall–Kier alpha value is -2.66.